The van der Waals surface area contributed by atoms with Crippen LogP contribution in [-0.4, -0.2) is 49.8 Å². The molecule has 0 aliphatic heterocycles. The molecule has 1 unspecified atom stereocenters. The first-order valence-corrected chi connectivity index (χ1v) is 15.3. The SMILES string of the molecule is CCCCCCCCCCCCCCOP(=O)(O)OCC[N+](C)(C)CCCCCCCC. The summed E-state index contributed by atoms with van der Waals surface area (Å²) >= 11 is 0. The molecule has 0 spiro atoms. The number of rotatable bonds is 25. The third kappa shape index (κ3) is 23.2. The van der Waals surface area contributed by atoms with Gasteiger partial charge in [-0.05, 0) is 19.3 Å². The largest absolute Gasteiger partial charge is 0.472 e. The monoisotopic (exact) mass is 478 g/mol. The molecule has 0 bridgehead atoms. The van der Waals surface area contributed by atoms with Crippen molar-refractivity contribution in [1.29, 1.82) is 0 Å². The van der Waals surface area contributed by atoms with Gasteiger partial charge in [-0.1, -0.05) is 110 Å². The molecular formula is C26H57NO4P+. The minimum absolute atomic E-state index is 0.259. The minimum Gasteiger partial charge on any atom is -0.327 e. The Balaban J connectivity index is 3.57. The van der Waals surface area contributed by atoms with Crippen LogP contribution in [-0.2, 0) is 13.6 Å². The summed E-state index contributed by atoms with van der Waals surface area (Å²) in [6.45, 7) is 6.86. The fourth-order valence-corrected chi connectivity index (χ4v) is 4.74. The number of phosphoric acid groups is 1. The van der Waals surface area contributed by atoms with E-state index < -0.39 is 7.82 Å². The van der Waals surface area contributed by atoms with E-state index in [2.05, 4.69) is 27.9 Å². The lowest BCUT2D eigenvalue weighted by Gasteiger charge is -2.29. The van der Waals surface area contributed by atoms with Gasteiger partial charge < -0.3 is 9.38 Å². The van der Waals surface area contributed by atoms with E-state index >= 15 is 0 Å². The molecule has 0 rings (SSSR count). The van der Waals surface area contributed by atoms with Crippen molar-refractivity contribution in [3.8, 4) is 0 Å². The van der Waals surface area contributed by atoms with Crippen LogP contribution in [0.5, 0.6) is 0 Å². The first-order valence-electron chi connectivity index (χ1n) is 13.8. The first-order chi connectivity index (χ1) is 15.3. The van der Waals surface area contributed by atoms with Crippen LogP contribution < -0.4 is 0 Å². The van der Waals surface area contributed by atoms with Gasteiger partial charge in [-0.15, -0.1) is 0 Å². The molecule has 0 amide bonds. The van der Waals surface area contributed by atoms with Crippen LogP contribution in [0.2, 0.25) is 0 Å². The summed E-state index contributed by atoms with van der Waals surface area (Å²) in [4.78, 5) is 9.89. The molecule has 0 aliphatic rings. The zero-order valence-electron chi connectivity index (χ0n) is 22.1. The molecule has 1 atom stereocenters. The van der Waals surface area contributed by atoms with Crippen molar-refractivity contribution in [2.75, 3.05) is 40.4 Å². The summed E-state index contributed by atoms with van der Waals surface area (Å²) in [6.07, 6.45) is 22.9. The molecule has 0 fully saturated rings. The highest BCUT2D eigenvalue weighted by Crippen LogP contribution is 2.43. The van der Waals surface area contributed by atoms with Crippen molar-refractivity contribution in [3.63, 3.8) is 0 Å². The third-order valence-corrected chi connectivity index (χ3v) is 7.34. The van der Waals surface area contributed by atoms with Crippen LogP contribution in [0.15, 0.2) is 0 Å². The van der Waals surface area contributed by atoms with E-state index in [-0.39, 0.29) is 6.61 Å². The standard InChI is InChI=1S/C26H56NO4P/c1-5-7-9-11-13-14-15-16-17-18-20-22-25-30-32(28,29)31-26-24-27(3,4)23-21-19-12-10-8-6-2/h5-26H2,1-4H3/p+1. The van der Waals surface area contributed by atoms with Crippen molar-refractivity contribution in [1.82, 2.24) is 0 Å². The van der Waals surface area contributed by atoms with Gasteiger partial charge >= 0.3 is 7.82 Å². The predicted octanol–water partition coefficient (Wildman–Crippen LogP) is 8.26. The quantitative estimate of drug-likeness (QED) is 0.0815. The molecule has 0 heterocycles. The molecule has 0 aromatic heterocycles. The van der Waals surface area contributed by atoms with Gasteiger partial charge in [-0.3, -0.25) is 9.05 Å². The summed E-state index contributed by atoms with van der Waals surface area (Å²) in [5.74, 6) is 0. The molecule has 6 heteroatoms. The van der Waals surface area contributed by atoms with Crippen molar-refractivity contribution in [2.24, 2.45) is 0 Å². The van der Waals surface area contributed by atoms with Crippen LogP contribution in [0, 0.1) is 0 Å². The van der Waals surface area contributed by atoms with Gasteiger partial charge in [-0.2, -0.15) is 0 Å². The highest BCUT2D eigenvalue weighted by atomic mass is 31.2. The highest BCUT2D eigenvalue weighted by molar-refractivity contribution is 7.47. The maximum atomic E-state index is 12.1. The summed E-state index contributed by atoms with van der Waals surface area (Å²) in [6, 6.07) is 0. The lowest BCUT2D eigenvalue weighted by molar-refractivity contribution is -0.890. The zero-order chi connectivity index (χ0) is 24.0. The molecule has 0 saturated heterocycles. The average Bonchev–Trinajstić information content (AvgIpc) is 2.73. The number of hydrogen-bond acceptors (Lipinski definition) is 3. The second-order valence-corrected chi connectivity index (χ2v) is 11.6. The van der Waals surface area contributed by atoms with E-state index in [1.54, 1.807) is 0 Å². The van der Waals surface area contributed by atoms with Crippen molar-refractivity contribution in [3.05, 3.63) is 0 Å². The number of quaternary nitrogens is 1. The van der Waals surface area contributed by atoms with E-state index in [0.717, 1.165) is 30.4 Å². The van der Waals surface area contributed by atoms with Crippen molar-refractivity contribution in [2.45, 2.75) is 129 Å². The van der Waals surface area contributed by atoms with Gasteiger partial charge in [0, 0.05) is 0 Å². The Labute approximate surface area is 200 Å². The van der Waals surface area contributed by atoms with Crippen LogP contribution in [0.3, 0.4) is 0 Å². The summed E-state index contributed by atoms with van der Waals surface area (Å²) in [5.41, 5.74) is 0. The lowest BCUT2D eigenvalue weighted by Crippen LogP contribution is -2.42. The van der Waals surface area contributed by atoms with E-state index in [0.29, 0.717) is 6.61 Å². The van der Waals surface area contributed by atoms with Crippen molar-refractivity contribution >= 4 is 7.82 Å². The number of nitrogens with zero attached hydrogens (tertiary/aromatic N) is 1. The maximum absolute atomic E-state index is 12.1. The summed E-state index contributed by atoms with van der Waals surface area (Å²) in [7, 11) is 0.400. The van der Waals surface area contributed by atoms with Gasteiger partial charge in [-0.25, -0.2) is 4.57 Å². The van der Waals surface area contributed by atoms with E-state index in [4.69, 9.17) is 9.05 Å². The molecule has 0 radical (unpaired) electrons. The second-order valence-electron chi connectivity index (χ2n) is 10.2. The number of unbranched alkanes of at least 4 members (excludes halogenated alkanes) is 16. The van der Waals surface area contributed by atoms with Gasteiger partial charge in [0.2, 0.25) is 0 Å². The second kappa shape index (κ2) is 21.6. The lowest BCUT2D eigenvalue weighted by atomic mass is 10.1. The first kappa shape index (κ1) is 32.1. The maximum Gasteiger partial charge on any atom is 0.472 e. The van der Waals surface area contributed by atoms with E-state index in [1.807, 2.05) is 0 Å². The normalized spacial score (nSPS) is 14.0. The Morgan fingerprint density at radius 1 is 0.562 bits per heavy atom. The molecule has 0 saturated carbocycles. The Morgan fingerprint density at radius 2 is 0.938 bits per heavy atom. The predicted molar refractivity (Wildman–Crippen MR) is 138 cm³/mol. The Hall–Kier alpha value is 0.0700. The van der Waals surface area contributed by atoms with Gasteiger partial charge in [0.1, 0.15) is 13.2 Å². The minimum atomic E-state index is -3.92. The van der Waals surface area contributed by atoms with Crippen molar-refractivity contribution < 1.29 is 23.0 Å². The molecule has 32 heavy (non-hydrogen) atoms. The summed E-state index contributed by atoms with van der Waals surface area (Å²) in [5, 5.41) is 0. The van der Waals surface area contributed by atoms with Crippen LogP contribution >= 0.6 is 7.82 Å². The Kier molecular flexibility index (Phi) is 21.6. The Morgan fingerprint density at radius 3 is 1.41 bits per heavy atom. The molecule has 0 aromatic carbocycles. The fourth-order valence-electron chi connectivity index (χ4n) is 4.00. The topological polar surface area (TPSA) is 55.8 Å². The molecule has 194 valence electrons. The Bertz CT molecular complexity index is 446. The average molecular weight is 479 g/mol. The third-order valence-electron chi connectivity index (χ3n) is 6.32. The molecule has 0 aliphatic carbocycles. The molecule has 1 N–H and O–H groups in total. The number of phosphoric ester groups is 1. The molecule has 0 aromatic rings. The number of likely N-dealkylation sites (N-methyl/N-ethyl adjacent to an activating group) is 1. The fraction of sp³-hybridized carbons (Fsp3) is 1.00. The van der Waals surface area contributed by atoms with E-state index in [9.17, 15) is 9.46 Å². The highest BCUT2D eigenvalue weighted by Gasteiger charge is 2.23. The number of hydrogen-bond donors (Lipinski definition) is 1. The smallest absolute Gasteiger partial charge is 0.327 e. The van der Waals surface area contributed by atoms with Gasteiger partial charge in [0.05, 0.1) is 27.2 Å². The van der Waals surface area contributed by atoms with Crippen LogP contribution in [0.1, 0.15) is 129 Å². The van der Waals surface area contributed by atoms with E-state index in [1.165, 1.54) is 103 Å². The van der Waals surface area contributed by atoms with Gasteiger partial charge in [0.25, 0.3) is 0 Å². The van der Waals surface area contributed by atoms with Crippen LogP contribution in [0.4, 0.5) is 0 Å². The molecular weight excluding hydrogens is 421 g/mol. The molecule has 5 nitrogen and oxygen atoms in total. The van der Waals surface area contributed by atoms with Gasteiger partial charge in [0.15, 0.2) is 0 Å². The summed E-state index contributed by atoms with van der Waals surface area (Å²) < 4.78 is 23.2. The van der Waals surface area contributed by atoms with Crippen LogP contribution in [0.25, 0.3) is 0 Å². The zero-order valence-corrected chi connectivity index (χ0v) is 23.0.